The summed E-state index contributed by atoms with van der Waals surface area (Å²) in [6.45, 7) is 0. The number of aromatic amines is 3. The second-order valence-corrected chi connectivity index (χ2v) is 2.29. The first-order valence-electron chi connectivity index (χ1n) is 3.30. The fraction of sp³-hybridized carbons (Fsp3) is 0. The molecule has 0 saturated carbocycles. The summed E-state index contributed by atoms with van der Waals surface area (Å²) in [4.78, 5) is 36.3. The van der Waals surface area contributed by atoms with E-state index in [1.54, 1.807) is 0 Å². The smallest absolute Gasteiger partial charge is 0.349 e. The molecule has 13 heavy (non-hydrogen) atoms. The molecule has 0 aromatic carbocycles. The molecule has 2 heterocycles. The minimum atomic E-state index is -0.650. The molecule has 8 heteroatoms. The van der Waals surface area contributed by atoms with Crippen molar-refractivity contribution in [1.29, 1.82) is 0 Å². The van der Waals surface area contributed by atoms with E-state index in [4.69, 9.17) is 5.90 Å². The van der Waals surface area contributed by atoms with Gasteiger partial charge in [-0.05, 0) is 0 Å². The highest BCUT2D eigenvalue weighted by Gasteiger charge is 2.08. The molecule has 8 nitrogen and oxygen atoms in total. The highest BCUT2D eigenvalue weighted by atomic mass is 16.6. The summed E-state index contributed by atoms with van der Waals surface area (Å²) >= 11 is 0. The monoisotopic (exact) mass is 183 g/mol. The number of rotatable bonds is 1. The predicted molar refractivity (Wildman–Crippen MR) is 42.2 cm³/mol. The molecule has 0 aliphatic heterocycles. The standard InChI is InChI=1S/C5H5N5O3/c6-13-3-1-2(8-4(11)7-1)9-5(12)10-3/h6H2,(H3,7,8,9,10,11,12). The van der Waals surface area contributed by atoms with E-state index in [1.807, 2.05) is 0 Å². The van der Waals surface area contributed by atoms with Crippen molar-refractivity contribution < 1.29 is 4.84 Å². The van der Waals surface area contributed by atoms with Crippen LogP contribution in [0.1, 0.15) is 0 Å². The Morgan fingerprint density at radius 3 is 2.69 bits per heavy atom. The largest absolute Gasteiger partial charge is 0.389 e. The first-order valence-corrected chi connectivity index (χ1v) is 3.30. The Kier molecular flexibility index (Phi) is 1.43. The van der Waals surface area contributed by atoms with Gasteiger partial charge in [-0.2, -0.15) is 10.9 Å². The van der Waals surface area contributed by atoms with Crippen LogP contribution in [0.3, 0.4) is 0 Å². The lowest BCUT2D eigenvalue weighted by Gasteiger charge is -1.95. The van der Waals surface area contributed by atoms with Gasteiger partial charge in [-0.25, -0.2) is 9.59 Å². The van der Waals surface area contributed by atoms with E-state index >= 15 is 0 Å². The maximum Gasteiger partial charge on any atom is 0.349 e. The van der Waals surface area contributed by atoms with Crippen molar-refractivity contribution in [3.63, 3.8) is 0 Å². The van der Waals surface area contributed by atoms with Gasteiger partial charge in [-0.15, -0.1) is 0 Å². The molecule has 0 unspecified atom stereocenters. The number of imidazole rings is 1. The van der Waals surface area contributed by atoms with E-state index in [0.29, 0.717) is 0 Å². The van der Waals surface area contributed by atoms with Gasteiger partial charge in [0, 0.05) is 0 Å². The Bertz CT molecular complexity index is 549. The first kappa shape index (κ1) is 7.55. The van der Waals surface area contributed by atoms with Gasteiger partial charge in [0.25, 0.3) is 5.88 Å². The summed E-state index contributed by atoms with van der Waals surface area (Å²) in [5.74, 6) is 4.72. The van der Waals surface area contributed by atoms with Crippen LogP contribution in [0.2, 0.25) is 0 Å². The van der Waals surface area contributed by atoms with Gasteiger partial charge in [-0.1, -0.05) is 0 Å². The second-order valence-electron chi connectivity index (χ2n) is 2.29. The van der Waals surface area contributed by atoms with Crippen LogP contribution in [0.15, 0.2) is 9.59 Å². The summed E-state index contributed by atoms with van der Waals surface area (Å²) in [5, 5.41) is 0. The van der Waals surface area contributed by atoms with Gasteiger partial charge in [-0.3, -0.25) is 15.0 Å². The Morgan fingerprint density at radius 1 is 1.23 bits per heavy atom. The van der Waals surface area contributed by atoms with E-state index < -0.39 is 11.4 Å². The van der Waals surface area contributed by atoms with Crippen molar-refractivity contribution in [3.05, 3.63) is 21.0 Å². The molecule has 2 rings (SSSR count). The number of hydrogen-bond donors (Lipinski definition) is 4. The van der Waals surface area contributed by atoms with Gasteiger partial charge in [0.2, 0.25) is 0 Å². The van der Waals surface area contributed by atoms with Gasteiger partial charge in [0.1, 0.15) is 11.2 Å². The number of nitrogens with zero attached hydrogens (tertiary/aromatic N) is 1. The Morgan fingerprint density at radius 2 is 2.00 bits per heavy atom. The lowest BCUT2D eigenvalue weighted by molar-refractivity contribution is 0.323. The Labute approximate surface area is 69.7 Å². The molecule has 2 aromatic heterocycles. The van der Waals surface area contributed by atoms with Crippen LogP contribution in [-0.2, 0) is 0 Å². The zero-order valence-corrected chi connectivity index (χ0v) is 6.25. The van der Waals surface area contributed by atoms with Crippen molar-refractivity contribution in [2.24, 2.45) is 5.90 Å². The van der Waals surface area contributed by atoms with E-state index in [2.05, 4.69) is 24.8 Å². The number of fused-ring (bicyclic) bond motifs is 1. The van der Waals surface area contributed by atoms with Crippen LogP contribution in [0.4, 0.5) is 0 Å². The summed E-state index contributed by atoms with van der Waals surface area (Å²) < 4.78 is 0. The highest BCUT2D eigenvalue weighted by molar-refractivity contribution is 5.74. The first-order chi connectivity index (χ1) is 6.20. The van der Waals surface area contributed by atoms with Crippen molar-refractivity contribution in [3.8, 4) is 5.88 Å². The van der Waals surface area contributed by atoms with Crippen molar-refractivity contribution in [1.82, 2.24) is 19.9 Å². The summed E-state index contributed by atoms with van der Waals surface area (Å²) in [7, 11) is 0. The molecule has 0 spiro atoms. The summed E-state index contributed by atoms with van der Waals surface area (Å²) in [6.07, 6.45) is 0. The molecule has 5 N–H and O–H groups in total. The van der Waals surface area contributed by atoms with Gasteiger partial charge >= 0.3 is 11.4 Å². The second kappa shape index (κ2) is 2.45. The van der Waals surface area contributed by atoms with E-state index in [0.717, 1.165) is 0 Å². The van der Waals surface area contributed by atoms with E-state index in [9.17, 15) is 9.59 Å². The van der Waals surface area contributed by atoms with Gasteiger partial charge < -0.3 is 4.84 Å². The average Bonchev–Trinajstić information content (AvgIpc) is 2.43. The molecular formula is C5H5N5O3. The summed E-state index contributed by atoms with van der Waals surface area (Å²) in [5.41, 5.74) is -0.697. The lowest BCUT2D eigenvalue weighted by atomic mass is 10.5. The zero-order valence-electron chi connectivity index (χ0n) is 6.25. The maximum atomic E-state index is 10.8. The molecule has 68 valence electrons. The van der Waals surface area contributed by atoms with Crippen molar-refractivity contribution in [2.75, 3.05) is 0 Å². The molecule has 2 aromatic rings. The van der Waals surface area contributed by atoms with Crippen LogP contribution in [0, 0.1) is 0 Å². The van der Waals surface area contributed by atoms with Crippen LogP contribution < -0.4 is 22.1 Å². The molecule has 0 fully saturated rings. The average molecular weight is 183 g/mol. The molecule has 0 aliphatic carbocycles. The lowest BCUT2D eigenvalue weighted by Crippen LogP contribution is -2.14. The molecular weight excluding hydrogens is 178 g/mol. The third kappa shape index (κ3) is 1.08. The van der Waals surface area contributed by atoms with Crippen molar-refractivity contribution in [2.45, 2.75) is 0 Å². The SMILES string of the molecule is NOc1nc(=O)[nH]c2[nH]c(=O)[nH]c12. The normalized spacial score (nSPS) is 10.5. The molecule has 0 amide bonds. The minimum Gasteiger partial charge on any atom is -0.389 e. The van der Waals surface area contributed by atoms with E-state index in [-0.39, 0.29) is 17.0 Å². The fourth-order valence-corrected chi connectivity index (χ4v) is 1.01. The van der Waals surface area contributed by atoms with Crippen LogP contribution in [0.25, 0.3) is 11.2 Å². The molecule has 0 atom stereocenters. The van der Waals surface area contributed by atoms with Gasteiger partial charge in [0.05, 0.1) is 0 Å². The zero-order chi connectivity index (χ0) is 9.42. The number of nitrogens with two attached hydrogens (primary N) is 1. The van der Waals surface area contributed by atoms with Crippen LogP contribution in [-0.4, -0.2) is 19.9 Å². The number of aromatic nitrogens is 4. The van der Waals surface area contributed by atoms with Gasteiger partial charge in [0.15, 0.2) is 0 Å². The topological polar surface area (TPSA) is 130 Å². The Balaban J connectivity index is 2.96. The minimum absolute atomic E-state index is 0.128. The quantitative estimate of drug-likeness (QED) is 0.387. The third-order valence-corrected chi connectivity index (χ3v) is 1.49. The molecule has 0 saturated heterocycles. The van der Waals surface area contributed by atoms with Crippen molar-refractivity contribution >= 4 is 11.2 Å². The fourth-order valence-electron chi connectivity index (χ4n) is 1.01. The predicted octanol–water partition coefficient (Wildman–Crippen LogP) is -1.81. The maximum absolute atomic E-state index is 10.8. The molecule has 0 aliphatic rings. The molecule has 0 bridgehead atoms. The third-order valence-electron chi connectivity index (χ3n) is 1.49. The number of H-pyrrole nitrogens is 3. The Hall–Kier alpha value is -2.09. The van der Waals surface area contributed by atoms with Crippen LogP contribution >= 0.6 is 0 Å². The number of hydrogen-bond acceptors (Lipinski definition) is 5. The van der Waals surface area contributed by atoms with E-state index in [1.165, 1.54) is 0 Å². The number of nitrogens with one attached hydrogen (secondary N) is 3. The highest BCUT2D eigenvalue weighted by Crippen LogP contribution is 2.11. The molecule has 0 radical (unpaired) electrons. The van der Waals surface area contributed by atoms with Crippen LogP contribution in [0.5, 0.6) is 5.88 Å². The summed E-state index contributed by atoms with van der Waals surface area (Å²) in [6, 6.07) is 0.